The first-order valence-electron chi connectivity index (χ1n) is 4.16. The quantitative estimate of drug-likeness (QED) is 0.756. The van der Waals surface area contributed by atoms with Crippen molar-refractivity contribution in [1.82, 2.24) is 14.9 Å². The average molecular weight is 211 g/mol. The molecule has 0 saturated heterocycles. The van der Waals surface area contributed by atoms with Crippen LogP contribution in [0.5, 0.6) is 0 Å². The lowest BCUT2D eigenvalue weighted by molar-refractivity contribution is -0.120. The summed E-state index contributed by atoms with van der Waals surface area (Å²) in [6.45, 7) is 3.66. The molecular formula is C9H13N3OS. The van der Waals surface area contributed by atoms with Crippen LogP contribution in [0.1, 0.15) is 5.69 Å². The van der Waals surface area contributed by atoms with Gasteiger partial charge in [-0.3, -0.25) is 4.79 Å². The molecule has 0 aliphatic rings. The number of carbonyl (C=O) groups is 1. The van der Waals surface area contributed by atoms with Crippen LogP contribution < -0.4 is 5.32 Å². The average Bonchev–Trinajstić information content (AvgIpc) is 2.59. The molecule has 1 aromatic rings. The lowest BCUT2D eigenvalue weighted by Crippen LogP contribution is -2.20. The summed E-state index contributed by atoms with van der Waals surface area (Å²) >= 11 is 1.52. The normalized spacial score (nSPS) is 9.86. The number of thioether (sulfide) groups is 1. The molecule has 4 nitrogen and oxygen atoms in total. The van der Waals surface area contributed by atoms with Crippen LogP contribution >= 0.6 is 11.8 Å². The number of nitrogens with zero attached hydrogens (tertiary/aromatic N) is 2. The number of carbonyl (C=O) groups excluding carboxylic acids is 1. The van der Waals surface area contributed by atoms with Crippen molar-refractivity contribution in [1.29, 1.82) is 0 Å². The van der Waals surface area contributed by atoms with Crippen LogP contribution in [0, 0.1) is 0 Å². The van der Waals surface area contributed by atoms with Crippen molar-refractivity contribution in [2.24, 2.45) is 0 Å². The van der Waals surface area contributed by atoms with Gasteiger partial charge in [-0.2, -0.15) is 0 Å². The third kappa shape index (κ3) is 2.38. The minimum Gasteiger partial charge on any atom is -0.359 e. The van der Waals surface area contributed by atoms with E-state index in [0.717, 1.165) is 10.9 Å². The number of rotatable bonds is 4. The maximum Gasteiger partial charge on any atom is 0.225 e. The Balaban J connectivity index is 2.84. The first-order valence-corrected chi connectivity index (χ1v) is 5.38. The molecule has 0 aliphatic heterocycles. The van der Waals surface area contributed by atoms with Gasteiger partial charge in [0.2, 0.25) is 5.91 Å². The molecule has 1 rings (SSSR count). The molecule has 0 bridgehead atoms. The number of aromatic nitrogens is 2. The van der Waals surface area contributed by atoms with Gasteiger partial charge in [-0.05, 0) is 6.26 Å². The van der Waals surface area contributed by atoms with Crippen molar-refractivity contribution < 1.29 is 4.79 Å². The van der Waals surface area contributed by atoms with Crippen molar-refractivity contribution >= 4 is 23.9 Å². The van der Waals surface area contributed by atoms with E-state index < -0.39 is 0 Å². The zero-order valence-electron chi connectivity index (χ0n) is 8.28. The van der Waals surface area contributed by atoms with Gasteiger partial charge in [-0.25, -0.2) is 4.98 Å². The largest absolute Gasteiger partial charge is 0.359 e. The van der Waals surface area contributed by atoms with Crippen molar-refractivity contribution in [3.05, 3.63) is 18.5 Å². The Morgan fingerprint density at radius 1 is 1.86 bits per heavy atom. The van der Waals surface area contributed by atoms with Gasteiger partial charge in [-0.1, -0.05) is 18.3 Å². The smallest absolute Gasteiger partial charge is 0.225 e. The number of hydrogen-bond acceptors (Lipinski definition) is 3. The van der Waals surface area contributed by atoms with E-state index in [1.54, 1.807) is 13.2 Å². The summed E-state index contributed by atoms with van der Waals surface area (Å²) in [4.78, 5) is 15.4. The lowest BCUT2D eigenvalue weighted by atomic mass is 10.3. The van der Waals surface area contributed by atoms with E-state index >= 15 is 0 Å². The predicted molar refractivity (Wildman–Crippen MR) is 58.2 cm³/mol. The second-order valence-electron chi connectivity index (χ2n) is 2.66. The van der Waals surface area contributed by atoms with Crippen LogP contribution in [-0.4, -0.2) is 28.8 Å². The van der Waals surface area contributed by atoms with Gasteiger partial charge >= 0.3 is 0 Å². The first kappa shape index (κ1) is 10.8. The minimum atomic E-state index is -0.0358. The van der Waals surface area contributed by atoms with Crippen LogP contribution in [0.2, 0.25) is 0 Å². The van der Waals surface area contributed by atoms with E-state index in [2.05, 4.69) is 16.9 Å². The zero-order chi connectivity index (χ0) is 10.6. The summed E-state index contributed by atoms with van der Waals surface area (Å²) in [6, 6.07) is 0. The summed E-state index contributed by atoms with van der Waals surface area (Å²) < 4.78 is 1.81. The summed E-state index contributed by atoms with van der Waals surface area (Å²) in [5, 5.41) is 3.40. The maximum absolute atomic E-state index is 11.1. The Kier molecular flexibility index (Phi) is 3.76. The van der Waals surface area contributed by atoms with Crippen LogP contribution in [0.25, 0.3) is 6.20 Å². The van der Waals surface area contributed by atoms with E-state index in [9.17, 15) is 4.79 Å². The first-order chi connectivity index (χ1) is 6.71. The highest BCUT2D eigenvalue weighted by atomic mass is 32.2. The summed E-state index contributed by atoms with van der Waals surface area (Å²) in [6.07, 6.45) is 5.73. The highest BCUT2D eigenvalue weighted by Gasteiger charge is 2.07. The van der Waals surface area contributed by atoms with Crippen LogP contribution in [-0.2, 0) is 11.2 Å². The second-order valence-corrected chi connectivity index (χ2v) is 3.43. The van der Waals surface area contributed by atoms with Gasteiger partial charge in [-0.15, -0.1) is 0 Å². The van der Waals surface area contributed by atoms with Gasteiger partial charge in [0.25, 0.3) is 0 Å². The monoisotopic (exact) mass is 211 g/mol. The number of likely N-dealkylation sites (N-methyl/N-ethyl adjacent to an activating group) is 1. The Labute approximate surface area is 87.4 Å². The predicted octanol–water partition coefficient (Wildman–Crippen LogP) is 0.994. The van der Waals surface area contributed by atoms with Gasteiger partial charge in [0.05, 0.1) is 12.1 Å². The molecule has 0 aliphatic carbocycles. The van der Waals surface area contributed by atoms with E-state index in [-0.39, 0.29) is 5.91 Å². The van der Waals surface area contributed by atoms with E-state index in [1.807, 2.05) is 17.0 Å². The molecule has 5 heteroatoms. The summed E-state index contributed by atoms with van der Waals surface area (Å²) in [5.41, 5.74) is 0.758. The minimum absolute atomic E-state index is 0.0358. The molecule has 0 fully saturated rings. The fourth-order valence-electron chi connectivity index (χ4n) is 1.05. The molecule has 1 N–H and O–H groups in total. The third-order valence-electron chi connectivity index (χ3n) is 1.75. The molecule has 0 radical (unpaired) electrons. The Bertz CT molecular complexity index is 346. The summed E-state index contributed by atoms with van der Waals surface area (Å²) in [5.74, 6) is -0.0358. The van der Waals surface area contributed by atoms with Crippen LogP contribution in [0.4, 0.5) is 0 Å². The second kappa shape index (κ2) is 4.85. The highest BCUT2D eigenvalue weighted by Crippen LogP contribution is 2.14. The molecule has 14 heavy (non-hydrogen) atoms. The Morgan fingerprint density at radius 2 is 2.57 bits per heavy atom. The van der Waals surface area contributed by atoms with Crippen LogP contribution in [0.3, 0.4) is 0 Å². The molecule has 1 amide bonds. The van der Waals surface area contributed by atoms with Crippen molar-refractivity contribution in [2.45, 2.75) is 11.6 Å². The molecule has 0 spiro atoms. The SMILES string of the molecule is C=Cn1cc(CC(=O)NC)nc1SC. The molecule has 0 unspecified atom stereocenters. The highest BCUT2D eigenvalue weighted by molar-refractivity contribution is 7.98. The molecular weight excluding hydrogens is 198 g/mol. The summed E-state index contributed by atoms with van der Waals surface area (Å²) in [7, 11) is 1.61. The molecule has 76 valence electrons. The van der Waals surface area contributed by atoms with Crippen LogP contribution in [0.15, 0.2) is 17.9 Å². The van der Waals surface area contributed by atoms with E-state index in [1.165, 1.54) is 11.8 Å². The van der Waals surface area contributed by atoms with Gasteiger partial charge in [0.1, 0.15) is 0 Å². The van der Waals surface area contributed by atoms with E-state index in [4.69, 9.17) is 0 Å². The topological polar surface area (TPSA) is 46.9 Å². The molecule has 0 saturated carbocycles. The van der Waals surface area contributed by atoms with Crippen molar-refractivity contribution in [3.8, 4) is 0 Å². The number of nitrogens with one attached hydrogen (secondary N) is 1. The van der Waals surface area contributed by atoms with Crippen molar-refractivity contribution in [3.63, 3.8) is 0 Å². The standard InChI is InChI=1S/C9H13N3OS/c1-4-12-6-7(5-8(13)10-2)11-9(12)14-3/h4,6H,1,5H2,2-3H3,(H,10,13). The van der Waals surface area contributed by atoms with Gasteiger partial charge in [0, 0.05) is 19.4 Å². The molecule has 1 aromatic heterocycles. The van der Waals surface area contributed by atoms with Gasteiger partial charge in [0.15, 0.2) is 5.16 Å². The van der Waals surface area contributed by atoms with Gasteiger partial charge < -0.3 is 9.88 Å². The molecule has 1 heterocycles. The fourth-order valence-corrected chi connectivity index (χ4v) is 1.59. The number of amides is 1. The van der Waals surface area contributed by atoms with E-state index in [0.29, 0.717) is 6.42 Å². The third-order valence-corrected chi connectivity index (χ3v) is 2.42. The maximum atomic E-state index is 11.1. The Hall–Kier alpha value is -1.23. The lowest BCUT2D eigenvalue weighted by Gasteiger charge is -1.93. The van der Waals surface area contributed by atoms with Crippen molar-refractivity contribution in [2.75, 3.05) is 13.3 Å². The fraction of sp³-hybridized carbons (Fsp3) is 0.333. The Morgan fingerprint density at radius 3 is 3.00 bits per heavy atom. The molecule has 0 atom stereocenters. The molecule has 0 aromatic carbocycles. The number of imidazole rings is 1. The number of hydrogen-bond donors (Lipinski definition) is 1. The zero-order valence-corrected chi connectivity index (χ0v) is 9.10.